The van der Waals surface area contributed by atoms with Crippen molar-refractivity contribution < 1.29 is 10.2 Å². The summed E-state index contributed by atoms with van der Waals surface area (Å²) in [5.41, 5.74) is 0.665. The molecule has 1 rings (SSSR count). The van der Waals surface area contributed by atoms with E-state index in [0.29, 0.717) is 0 Å². The number of hydrogen-bond acceptors (Lipinski definition) is 2. The van der Waals surface area contributed by atoms with Gasteiger partial charge in [-0.3, -0.25) is 0 Å². The van der Waals surface area contributed by atoms with Crippen LogP contribution < -0.4 is 0 Å². The maximum absolute atomic E-state index is 10.5. The van der Waals surface area contributed by atoms with Crippen LogP contribution in [0, 0.1) is 11.8 Å². The molecule has 1 saturated carbocycles. The van der Waals surface area contributed by atoms with Crippen LogP contribution in [0.25, 0.3) is 0 Å². The molecule has 0 aromatic heterocycles. The van der Waals surface area contributed by atoms with Crippen molar-refractivity contribution in [1.29, 1.82) is 0 Å². The molecule has 0 spiro atoms. The molecule has 2 nitrogen and oxygen atoms in total. The molecule has 0 heterocycles. The molecule has 16 heavy (non-hydrogen) atoms. The second-order valence-electron chi connectivity index (χ2n) is 5.79. The van der Waals surface area contributed by atoms with E-state index in [4.69, 9.17) is 0 Å². The van der Waals surface area contributed by atoms with Crippen LogP contribution in [0.4, 0.5) is 0 Å². The van der Waals surface area contributed by atoms with Crippen LogP contribution in [0.15, 0.2) is 11.6 Å². The highest BCUT2D eigenvalue weighted by Gasteiger charge is 2.42. The van der Waals surface area contributed by atoms with E-state index >= 15 is 0 Å². The lowest BCUT2D eigenvalue weighted by atomic mass is 9.79. The minimum atomic E-state index is -0.636. The first-order valence-corrected chi connectivity index (χ1v) is 6.38. The first-order chi connectivity index (χ1) is 7.34. The summed E-state index contributed by atoms with van der Waals surface area (Å²) in [5, 5.41) is 20.2. The standard InChI is InChI=1S/C14H26O2/c1-10(2)6-5-9-14(4,16)12-7-8-13(15)11(12)3/h6,11-13,15-16H,5,7-9H2,1-4H3/t11-,12+,13+,14+/m0/s1. The summed E-state index contributed by atoms with van der Waals surface area (Å²) >= 11 is 0. The molecule has 2 heteroatoms. The fourth-order valence-electron chi connectivity index (χ4n) is 2.86. The largest absolute Gasteiger partial charge is 0.393 e. The van der Waals surface area contributed by atoms with E-state index in [-0.39, 0.29) is 17.9 Å². The third-order valence-electron chi connectivity index (χ3n) is 4.02. The Morgan fingerprint density at radius 2 is 2.00 bits per heavy atom. The van der Waals surface area contributed by atoms with E-state index in [2.05, 4.69) is 26.8 Å². The fourth-order valence-corrected chi connectivity index (χ4v) is 2.86. The topological polar surface area (TPSA) is 40.5 Å². The molecule has 1 aliphatic carbocycles. The Bertz CT molecular complexity index is 251. The first-order valence-electron chi connectivity index (χ1n) is 6.38. The molecule has 0 bridgehead atoms. The van der Waals surface area contributed by atoms with Crippen LogP contribution in [0.3, 0.4) is 0 Å². The summed E-state index contributed by atoms with van der Waals surface area (Å²) in [6.07, 6.45) is 5.45. The van der Waals surface area contributed by atoms with Crippen LogP contribution >= 0.6 is 0 Å². The predicted octanol–water partition coefficient (Wildman–Crippen LogP) is 2.89. The van der Waals surface area contributed by atoms with Crippen LogP contribution in [-0.4, -0.2) is 21.9 Å². The van der Waals surface area contributed by atoms with Gasteiger partial charge < -0.3 is 10.2 Å². The van der Waals surface area contributed by atoms with Gasteiger partial charge in [0, 0.05) is 0 Å². The Kier molecular flexibility index (Phi) is 4.57. The van der Waals surface area contributed by atoms with Gasteiger partial charge in [-0.25, -0.2) is 0 Å². The number of aliphatic hydroxyl groups excluding tert-OH is 1. The Hall–Kier alpha value is -0.340. The minimum absolute atomic E-state index is 0.222. The number of allylic oxidation sites excluding steroid dienone is 2. The summed E-state index contributed by atoms with van der Waals surface area (Å²) in [7, 11) is 0. The lowest BCUT2D eigenvalue weighted by molar-refractivity contribution is -0.0322. The van der Waals surface area contributed by atoms with Crippen molar-refractivity contribution in [1.82, 2.24) is 0 Å². The summed E-state index contributed by atoms with van der Waals surface area (Å²) in [5.74, 6) is 0.467. The minimum Gasteiger partial charge on any atom is -0.393 e. The zero-order valence-corrected chi connectivity index (χ0v) is 11.0. The fraction of sp³-hybridized carbons (Fsp3) is 0.857. The molecule has 0 aliphatic heterocycles. The average Bonchev–Trinajstić information content (AvgIpc) is 2.47. The molecular formula is C14H26O2. The molecule has 0 aromatic carbocycles. The maximum Gasteiger partial charge on any atom is 0.0654 e. The van der Waals surface area contributed by atoms with Crippen LogP contribution in [-0.2, 0) is 0 Å². The highest BCUT2D eigenvalue weighted by Crippen LogP contribution is 2.41. The van der Waals surface area contributed by atoms with E-state index in [0.717, 1.165) is 25.7 Å². The monoisotopic (exact) mass is 226 g/mol. The molecule has 1 aliphatic rings. The Morgan fingerprint density at radius 3 is 2.44 bits per heavy atom. The number of rotatable bonds is 4. The highest BCUT2D eigenvalue weighted by molar-refractivity contribution is 4.97. The third-order valence-corrected chi connectivity index (χ3v) is 4.02. The third kappa shape index (κ3) is 3.33. The lowest BCUT2D eigenvalue weighted by Crippen LogP contribution is -2.37. The van der Waals surface area contributed by atoms with Crippen molar-refractivity contribution in [2.75, 3.05) is 0 Å². The molecular weight excluding hydrogens is 200 g/mol. The number of hydrogen-bond donors (Lipinski definition) is 2. The molecule has 0 saturated heterocycles. The van der Waals surface area contributed by atoms with Crippen molar-refractivity contribution in [3.63, 3.8) is 0 Å². The molecule has 94 valence electrons. The molecule has 1 fully saturated rings. The smallest absolute Gasteiger partial charge is 0.0654 e. The predicted molar refractivity (Wildman–Crippen MR) is 67.2 cm³/mol. The van der Waals surface area contributed by atoms with E-state index in [9.17, 15) is 10.2 Å². The van der Waals surface area contributed by atoms with Crippen LogP contribution in [0.1, 0.15) is 53.4 Å². The Balaban J connectivity index is 2.53. The Labute approximate surface area is 99.4 Å². The normalized spacial score (nSPS) is 33.5. The van der Waals surface area contributed by atoms with Gasteiger partial charge in [0.2, 0.25) is 0 Å². The van der Waals surface area contributed by atoms with Gasteiger partial charge in [-0.1, -0.05) is 18.6 Å². The molecule has 2 N–H and O–H groups in total. The van der Waals surface area contributed by atoms with Gasteiger partial charge in [0.25, 0.3) is 0 Å². The van der Waals surface area contributed by atoms with Crippen molar-refractivity contribution in [2.24, 2.45) is 11.8 Å². The maximum atomic E-state index is 10.5. The van der Waals surface area contributed by atoms with E-state index in [1.54, 1.807) is 0 Å². The summed E-state index contributed by atoms with van der Waals surface area (Å²) in [6, 6.07) is 0. The van der Waals surface area contributed by atoms with Gasteiger partial charge in [0.05, 0.1) is 11.7 Å². The van der Waals surface area contributed by atoms with Gasteiger partial charge in [-0.2, -0.15) is 0 Å². The van der Waals surface area contributed by atoms with Crippen LogP contribution in [0.2, 0.25) is 0 Å². The average molecular weight is 226 g/mol. The Morgan fingerprint density at radius 1 is 1.38 bits per heavy atom. The van der Waals surface area contributed by atoms with Gasteiger partial charge in [0.1, 0.15) is 0 Å². The highest BCUT2D eigenvalue weighted by atomic mass is 16.3. The second kappa shape index (κ2) is 5.33. The first kappa shape index (κ1) is 13.7. The zero-order valence-electron chi connectivity index (χ0n) is 11.0. The van der Waals surface area contributed by atoms with Crippen molar-refractivity contribution in [3.8, 4) is 0 Å². The second-order valence-corrected chi connectivity index (χ2v) is 5.79. The molecule has 4 atom stereocenters. The SMILES string of the molecule is CC(C)=CCC[C@@](C)(O)[C@@H]1CC[C@@H](O)[C@H]1C. The number of aliphatic hydroxyl groups is 2. The van der Waals surface area contributed by atoms with Gasteiger partial charge in [-0.15, -0.1) is 0 Å². The van der Waals surface area contributed by atoms with Crippen LogP contribution in [0.5, 0.6) is 0 Å². The van der Waals surface area contributed by atoms with Gasteiger partial charge in [0.15, 0.2) is 0 Å². The summed E-state index contributed by atoms with van der Waals surface area (Å²) in [6.45, 7) is 8.13. The van der Waals surface area contributed by atoms with E-state index < -0.39 is 5.60 Å². The van der Waals surface area contributed by atoms with Crippen molar-refractivity contribution >= 4 is 0 Å². The molecule has 0 amide bonds. The van der Waals surface area contributed by atoms with Gasteiger partial charge in [-0.05, 0) is 58.3 Å². The zero-order chi connectivity index (χ0) is 12.3. The molecule has 0 aromatic rings. The van der Waals surface area contributed by atoms with Crippen molar-refractivity contribution in [2.45, 2.75) is 65.1 Å². The van der Waals surface area contributed by atoms with E-state index in [1.807, 2.05) is 6.92 Å². The summed E-state index contributed by atoms with van der Waals surface area (Å²) < 4.78 is 0. The van der Waals surface area contributed by atoms with Crippen molar-refractivity contribution in [3.05, 3.63) is 11.6 Å². The molecule has 0 radical (unpaired) electrons. The molecule has 0 unspecified atom stereocenters. The van der Waals surface area contributed by atoms with E-state index in [1.165, 1.54) is 5.57 Å². The lowest BCUT2D eigenvalue weighted by Gasteiger charge is -2.33. The van der Waals surface area contributed by atoms with Gasteiger partial charge >= 0.3 is 0 Å². The summed E-state index contributed by atoms with van der Waals surface area (Å²) in [4.78, 5) is 0. The quantitative estimate of drug-likeness (QED) is 0.724.